The summed E-state index contributed by atoms with van der Waals surface area (Å²) < 4.78 is 0. The lowest BCUT2D eigenvalue weighted by Crippen LogP contribution is -2.26. The molecule has 0 bridgehead atoms. The molecule has 0 spiro atoms. The lowest BCUT2D eigenvalue weighted by molar-refractivity contribution is -0.116. The van der Waals surface area contributed by atoms with Crippen molar-refractivity contribution in [3.8, 4) is 0 Å². The van der Waals surface area contributed by atoms with Crippen molar-refractivity contribution in [2.24, 2.45) is 0 Å². The van der Waals surface area contributed by atoms with Crippen LogP contribution >= 0.6 is 11.8 Å². The molecule has 0 fully saturated rings. The summed E-state index contributed by atoms with van der Waals surface area (Å²) in [7, 11) is 0. The van der Waals surface area contributed by atoms with Gasteiger partial charge in [0, 0.05) is 17.0 Å². The van der Waals surface area contributed by atoms with Crippen LogP contribution in [-0.2, 0) is 9.59 Å². The van der Waals surface area contributed by atoms with Gasteiger partial charge in [0.2, 0.25) is 11.8 Å². The number of benzene rings is 1. The van der Waals surface area contributed by atoms with Gasteiger partial charge in [-0.2, -0.15) is 0 Å². The molecule has 0 aliphatic carbocycles. The van der Waals surface area contributed by atoms with Crippen LogP contribution in [0.4, 0.5) is 11.4 Å². The summed E-state index contributed by atoms with van der Waals surface area (Å²) in [5.41, 5.74) is 1.48. The van der Waals surface area contributed by atoms with E-state index in [2.05, 4.69) is 10.6 Å². The second-order valence-electron chi connectivity index (χ2n) is 3.86. The van der Waals surface area contributed by atoms with E-state index in [4.69, 9.17) is 0 Å². The fourth-order valence-electron chi connectivity index (χ4n) is 1.54. The van der Waals surface area contributed by atoms with Gasteiger partial charge >= 0.3 is 0 Å². The van der Waals surface area contributed by atoms with Gasteiger partial charge in [-0.15, -0.1) is 11.8 Å². The molecule has 1 aromatic carbocycles. The van der Waals surface area contributed by atoms with Gasteiger partial charge in [0.25, 0.3) is 0 Å². The number of carbonyl (C=O) groups is 2. The highest BCUT2D eigenvalue weighted by atomic mass is 32.2. The van der Waals surface area contributed by atoms with Crippen molar-refractivity contribution in [3.05, 3.63) is 18.2 Å². The highest BCUT2D eigenvalue weighted by Crippen LogP contribution is 2.36. The Balaban J connectivity index is 2.22. The molecule has 0 saturated heterocycles. The Morgan fingerprint density at radius 3 is 3.00 bits per heavy atom. The molecule has 4 nitrogen and oxygen atoms in total. The first-order valence-corrected chi connectivity index (χ1v) is 6.39. The molecule has 2 amide bonds. The molecule has 17 heavy (non-hydrogen) atoms. The summed E-state index contributed by atoms with van der Waals surface area (Å²) in [6.07, 6.45) is 0.440. The van der Waals surface area contributed by atoms with Gasteiger partial charge in [-0.1, -0.05) is 6.92 Å². The maximum atomic E-state index is 11.5. The first kappa shape index (κ1) is 12.0. The maximum Gasteiger partial charge on any atom is 0.237 e. The quantitative estimate of drug-likeness (QED) is 0.847. The smallest absolute Gasteiger partial charge is 0.237 e. The summed E-state index contributed by atoms with van der Waals surface area (Å²) in [6, 6.07) is 5.56. The van der Waals surface area contributed by atoms with E-state index in [1.807, 2.05) is 19.1 Å². The molecule has 1 aromatic rings. The average Bonchev–Trinajstić information content (AvgIpc) is 2.31. The first-order chi connectivity index (χ1) is 8.10. The van der Waals surface area contributed by atoms with Crippen molar-refractivity contribution in [1.82, 2.24) is 0 Å². The molecule has 1 unspecified atom stereocenters. The van der Waals surface area contributed by atoms with Gasteiger partial charge in [-0.25, -0.2) is 0 Å². The lowest BCUT2D eigenvalue weighted by Gasteiger charge is -2.21. The standard InChI is InChI=1S/C12H14N2O2S/c1-3-11(15)13-8-4-5-10-9(6-8)14-12(16)7(2)17-10/h4-7H,3H2,1-2H3,(H,13,15)(H,14,16). The second-order valence-corrected chi connectivity index (χ2v) is 5.24. The number of hydrogen-bond donors (Lipinski definition) is 2. The number of carbonyl (C=O) groups excluding carboxylic acids is 2. The fourth-order valence-corrected chi connectivity index (χ4v) is 2.47. The molecule has 1 aliphatic heterocycles. The Bertz CT molecular complexity index is 474. The number of amides is 2. The van der Waals surface area contributed by atoms with Crippen LogP contribution in [0.25, 0.3) is 0 Å². The largest absolute Gasteiger partial charge is 0.326 e. The zero-order valence-corrected chi connectivity index (χ0v) is 10.6. The fraction of sp³-hybridized carbons (Fsp3) is 0.333. The van der Waals surface area contributed by atoms with Crippen molar-refractivity contribution < 1.29 is 9.59 Å². The summed E-state index contributed by atoms with van der Waals surface area (Å²) in [6.45, 7) is 3.67. The molecule has 5 heteroatoms. The van der Waals surface area contributed by atoms with Gasteiger partial charge in [0.1, 0.15) is 0 Å². The second kappa shape index (κ2) is 4.79. The van der Waals surface area contributed by atoms with Crippen LogP contribution in [0.15, 0.2) is 23.1 Å². The van der Waals surface area contributed by atoms with E-state index in [0.717, 1.165) is 10.6 Å². The van der Waals surface area contributed by atoms with Crippen LogP contribution in [0.1, 0.15) is 20.3 Å². The summed E-state index contributed by atoms with van der Waals surface area (Å²) in [5.74, 6) is -0.0328. The number of fused-ring (bicyclic) bond motifs is 1. The van der Waals surface area contributed by atoms with Crippen molar-refractivity contribution in [2.75, 3.05) is 10.6 Å². The Hall–Kier alpha value is -1.49. The number of nitrogens with one attached hydrogen (secondary N) is 2. The molecule has 2 rings (SSSR count). The van der Waals surface area contributed by atoms with Crippen molar-refractivity contribution in [1.29, 1.82) is 0 Å². The van der Waals surface area contributed by atoms with E-state index < -0.39 is 0 Å². The molecule has 0 aromatic heterocycles. The highest BCUT2D eigenvalue weighted by Gasteiger charge is 2.22. The highest BCUT2D eigenvalue weighted by molar-refractivity contribution is 8.00. The Morgan fingerprint density at radius 2 is 2.29 bits per heavy atom. The van der Waals surface area contributed by atoms with Crippen molar-refractivity contribution >= 4 is 35.0 Å². The van der Waals surface area contributed by atoms with Gasteiger partial charge in [0.05, 0.1) is 10.9 Å². The number of hydrogen-bond acceptors (Lipinski definition) is 3. The van der Waals surface area contributed by atoms with Gasteiger partial charge < -0.3 is 10.6 Å². The van der Waals surface area contributed by atoms with Crippen LogP contribution in [0.3, 0.4) is 0 Å². The Kier molecular flexibility index (Phi) is 3.38. The maximum absolute atomic E-state index is 11.5. The molecule has 0 saturated carbocycles. The van der Waals surface area contributed by atoms with Gasteiger partial charge in [0.15, 0.2) is 0 Å². The lowest BCUT2D eigenvalue weighted by atomic mass is 10.2. The number of rotatable bonds is 2. The third-order valence-corrected chi connectivity index (χ3v) is 3.69. The summed E-state index contributed by atoms with van der Waals surface area (Å²) in [5, 5.41) is 5.53. The van der Waals surface area contributed by atoms with Gasteiger partial charge in [-0.05, 0) is 25.1 Å². The zero-order valence-electron chi connectivity index (χ0n) is 9.74. The molecule has 1 heterocycles. The number of thioether (sulfide) groups is 1. The Labute approximate surface area is 104 Å². The zero-order chi connectivity index (χ0) is 12.4. The predicted octanol–water partition coefficient (Wildman–Crippen LogP) is 2.47. The van der Waals surface area contributed by atoms with Crippen molar-refractivity contribution in [2.45, 2.75) is 30.4 Å². The summed E-state index contributed by atoms with van der Waals surface area (Å²) in [4.78, 5) is 23.8. The van der Waals surface area contributed by atoms with E-state index >= 15 is 0 Å². The van der Waals surface area contributed by atoms with Gasteiger partial charge in [-0.3, -0.25) is 9.59 Å². The molecule has 2 N–H and O–H groups in total. The van der Waals surface area contributed by atoms with Crippen LogP contribution in [0.2, 0.25) is 0 Å². The van der Waals surface area contributed by atoms with E-state index in [-0.39, 0.29) is 17.1 Å². The minimum atomic E-state index is -0.0708. The third kappa shape index (κ3) is 2.61. The molecule has 1 aliphatic rings. The number of anilines is 2. The minimum absolute atomic E-state index is 0.00136. The topological polar surface area (TPSA) is 58.2 Å². The molecule has 90 valence electrons. The average molecular weight is 250 g/mol. The monoisotopic (exact) mass is 250 g/mol. The SMILES string of the molecule is CCC(=O)Nc1ccc2c(c1)NC(=O)C(C)S2. The molecular weight excluding hydrogens is 236 g/mol. The van der Waals surface area contributed by atoms with Crippen LogP contribution in [0.5, 0.6) is 0 Å². The Morgan fingerprint density at radius 1 is 1.53 bits per heavy atom. The first-order valence-electron chi connectivity index (χ1n) is 5.51. The van der Waals surface area contributed by atoms with E-state index in [1.165, 1.54) is 11.8 Å². The van der Waals surface area contributed by atoms with E-state index in [0.29, 0.717) is 12.1 Å². The predicted molar refractivity (Wildman–Crippen MR) is 69.3 cm³/mol. The minimum Gasteiger partial charge on any atom is -0.326 e. The normalized spacial score (nSPS) is 18.2. The van der Waals surface area contributed by atoms with Crippen LogP contribution < -0.4 is 10.6 Å². The molecule has 0 radical (unpaired) electrons. The van der Waals surface area contributed by atoms with Crippen molar-refractivity contribution in [3.63, 3.8) is 0 Å². The molecule has 1 atom stereocenters. The van der Waals surface area contributed by atoms with Crippen LogP contribution in [-0.4, -0.2) is 17.1 Å². The van der Waals surface area contributed by atoms with E-state index in [1.54, 1.807) is 13.0 Å². The summed E-state index contributed by atoms with van der Waals surface area (Å²) >= 11 is 1.53. The molecular formula is C12H14N2O2S. The third-order valence-electron chi connectivity index (χ3n) is 2.52. The van der Waals surface area contributed by atoms with E-state index in [9.17, 15) is 9.59 Å². The van der Waals surface area contributed by atoms with Crippen LogP contribution in [0, 0.1) is 0 Å².